The first-order valence-electron chi connectivity index (χ1n) is 11.8. The van der Waals surface area contributed by atoms with Gasteiger partial charge in [0.25, 0.3) is 5.19 Å². The summed E-state index contributed by atoms with van der Waals surface area (Å²) in [7, 11) is 3.18. The summed E-state index contributed by atoms with van der Waals surface area (Å²) in [6.07, 6.45) is 2.28. The molecule has 38 heavy (non-hydrogen) atoms. The summed E-state index contributed by atoms with van der Waals surface area (Å²) in [5.74, 6) is 1.95. The number of fused-ring (bicyclic) bond motifs is 2. The zero-order valence-electron chi connectivity index (χ0n) is 20.8. The molecule has 0 bridgehead atoms. The van der Waals surface area contributed by atoms with E-state index < -0.39 is 0 Å². The van der Waals surface area contributed by atoms with E-state index in [0.717, 1.165) is 21.7 Å². The molecule has 0 aliphatic rings. The van der Waals surface area contributed by atoms with Gasteiger partial charge in [0, 0.05) is 35.1 Å². The molecule has 0 aliphatic heterocycles. The Morgan fingerprint density at radius 1 is 1.08 bits per heavy atom. The zero-order chi connectivity index (χ0) is 26.2. The van der Waals surface area contributed by atoms with E-state index in [0.29, 0.717) is 50.7 Å². The number of furan rings is 1. The molecule has 9 nitrogen and oxygen atoms in total. The number of carbonyl (C=O) groups excluding carboxylic acids is 1. The SMILES string of the molecule is CCC(=O)c1ccc(-c2nc(COc3cc(OC)cc4oc(-c5cn6nc(OC)sc6n5)cc34)cs2)cc1. The lowest BCUT2D eigenvalue weighted by molar-refractivity contribution is 0.0988. The van der Waals surface area contributed by atoms with Gasteiger partial charge in [-0.2, -0.15) is 0 Å². The minimum absolute atomic E-state index is 0.126. The maximum absolute atomic E-state index is 11.9. The topological polar surface area (TPSA) is 101 Å². The molecule has 6 rings (SSSR count). The lowest BCUT2D eigenvalue weighted by Gasteiger charge is -2.08. The molecule has 0 amide bonds. The van der Waals surface area contributed by atoms with Crippen molar-refractivity contribution in [1.82, 2.24) is 19.6 Å². The first-order valence-corrected chi connectivity index (χ1v) is 13.5. The first kappa shape index (κ1) is 24.1. The van der Waals surface area contributed by atoms with E-state index >= 15 is 0 Å². The number of hydrogen-bond donors (Lipinski definition) is 0. The van der Waals surface area contributed by atoms with Crippen LogP contribution in [0.4, 0.5) is 0 Å². The van der Waals surface area contributed by atoms with Gasteiger partial charge in [0.05, 0.1) is 31.5 Å². The Morgan fingerprint density at radius 2 is 1.92 bits per heavy atom. The standard InChI is InChI=1S/C27H22N4O5S2/c1-4-21(32)15-5-7-16(8-6-15)25-28-17(14-37-25)13-35-22-9-18(33-2)10-23-19(22)11-24(36-23)20-12-31-26(29-20)38-27(30-31)34-3/h5-12,14H,4,13H2,1-3H3. The number of aromatic nitrogens is 4. The molecule has 11 heteroatoms. The molecule has 0 fully saturated rings. The van der Waals surface area contributed by atoms with E-state index in [-0.39, 0.29) is 12.4 Å². The molecule has 6 aromatic rings. The normalized spacial score (nSPS) is 11.3. The van der Waals surface area contributed by atoms with Crippen LogP contribution in [0.3, 0.4) is 0 Å². The number of carbonyl (C=O) groups is 1. The van der Waals surface area contributed by atoms with Gasteiger partial charge in [-0.15, -0.1) is 16.4 Å². The van der Waals surface area contributed by atoms with Gasteiger partial charge in [0.2, 0.25) is 4.96 Å². The zero-order valence-corrected chi connectivity index (χ0v) is 22.4. The Kier molecular flexibility index (Phi) is 6.30. The van der Waals surface area contributed by atoms with Crippen LogP contribution in [-0.4, -0.2) is 39.6 Å². The monoisotopic (exact) mass is 546 g/mol. The summed E-state index contributed by atoms with van der Waals surface area (Å²) in [5.41, 5.74) is 3.75. The Labute approximate surface area is 225 Å². The van der Waals surface area contributed by atoms with Gasteiger partial charge in [-0.3, -0.25) is 4.79 Å². The van der Waals surface area contributed by atoms with Crippen LogP contribution in [0.25, 0.3) is 38.0 Å². The number of nitrogens with zero attached hydrogens (tertiary/aromatic N) is 4. The third kappa shape index (κ3) is 4.50. The highest BCUT2D eigenvalue weighted by atomic mass is 32.1. The number of benzene rings is 2. The van der Waals surface area contributed by atoms with Gasteiger partial charge in [-0.1, -0.05) is 31.2 Å². The Hall–Kier alpha value is -4.22. The first-order chi connectivity index (χ1) is 18.5. The number of rotatable bonds is 9. The highest BCUT2D eigenvalue weighted by molar-refractivity contribution is 7.18. The fourth-order valence-electron chi connectivity index (χ4n) is 3.99. The average molecular weight is 547 g/mol. The Balaban J connectivity index is 1.24. The number of ketones is 1. The lowest BCUT2D eigenvalue weighted by Crippen LogP contribution is -1.97. The van der Waals surface area contributed by atoms with Crippen molar-refractivity contribution in [2.24, 2.45) is 0 Å². The van der Waals surface area contributed by atoms with Crippen molar-refractivity contribution < 1.29 is 23.4 Å². The molecule has 0 radical (unpaired) electrons. The Morgan fingerprint density at radius 3 is 2.66 bits per heavy atom. The van der Waals surface area contributed by atoms with Crippen LogP contribution >= 0.6 is 22.7 Å². The summed E-state index contributed by atoms with van der Waals surface area (Å²) in [5, 5.41) is 8.50. The molecule has 4 aromatic heterocycles. The van der Waals surface area contributed by atoms with E-state index in [9.17, 15) is 4.79 Å². The smallest absolute Gasteiger partial charge is 0.294 e. The quantitative estimate of drug-likeness (QED) is 0.189. The summed E-state index contributed by atoms with van der Waals surface area (Å²) in [4.78, 5) is 21.9. The van der Waals surface area contributed by atoms with Gasteiger partial charge in [0.15, 0.2) is 11.5 Å². The second-order valence-electron chi connectivity index (χ2n) is 8.36. The fourth-order valence-corrected chi connectivity index (χ4v) is 5.50. The summed E-state index contributed by atoms with van der Waals surface area (Å²) < 4.78 is 24.6. The van der Waals surface area contributed by atoms with Crippen molar-refractivity contribution >= 4 is 44.4 Å². The fraction of sp³-hybridized carbons (Fsp3) is 0.185. The molecule has 0 atom stereocenters. The number of methoxy groups -OCH3 is 2. The van der Waals surface area contributed by atoms with Crippen molar-refractivity contribution in [1.29, 1.82) is 0 Å². The van der Waals surface area contributed by atoms with Crippen LogP contribution < -0.4 is 14.2 Å². The molecule has 0 saturated heterocycles. The van der Waals surface area contributed by atoms with E-state index in [1.807, 2.05) is 54.8 Å². The third-order valence-corrected chi connectivity index (χ3v) is 7.79. The van der Waals surface area contributed by atoms with Crippen LogP contribution in [0.5, 0.6) is 16.7 Å². The van der Waals surface area contributed by atoms with Crippen molar-refractivity contribution in [2.75, 3.05) is 14.2 Å². The van der Waals surface area contributed by atoms with Crippen molar-refractivity contribution in [3.63, 3.8) is 0 Å². The highest BCUT2D eigenvalue weighted by Crippen LogP contribution is 2.38. The number of ether oxygens (including phenoxy) is 3. The summed E-state index contributed by atoms with van der Waals surface area (Å²) >= 11 is 2.88. The van der Waals surface area contributed by atoms with Gasteiger partial charge < -0.3 is 18.6 Å². The second-order valence-corrected chi connectivity index (χ2v) is 10.1. The maximum atomic E-state index is 11.9. The molecular formula is C27H22N4O5S2. The van der Waals surface area contributed by atoms with Gasteiger partial charge in [0.1, 0.15) is 34.4 Å². The van der Waals surface area contributed by atoms with Crippen molar-refractivity contribution in [3.05, 3.63) is 65.3 Å². The highest BCUT2D eigenvalue weighted by Gasteiger charge is 2.17. The van der Waals surface area contributed by atoms with Crippen LogP contribution in [0, 0.1) is 0 Å². The van der Waals surface area contributed by atoms with E-state index in [2.05, 4.69) is 10.1 Å². The van der Waals surface area contributed by atoms with Crippen LogP contribution in [0.15, 0.2) is 58.5 Å². The molecule has 0 N–H and O–H groups in total. The molecule has 0 spiro atoms. The summed E-state index contributed by atoms with van der Waals surface area (Å²) in [6, 6.07) is 13.1. The number of imidazole rings is 1. The maximum Gasteiger partial charge on any atom is 0.294 e. The van der Waals surface area contributed by atoms with Crippen molar-refractivity contribution in [3.8, 4) is 38.7 Å². The predicted octanol–water partition coefficient (Wildman–Crippen LogP) is 6.52. The molecule has 0 aliphatic carbocycles. The van der Waals surface area contributed by atoms with Crippen molar-refractivity contribution in [2.45, 2.75) is 20.0 Å². The average Bonchev–Trinajstić information content (AvgIpc) is 3.73. The minimum atomic E-state index is 0.126. The molecule has 4 heterocycles. The lowest BCUT2D eigenvalue weighted by atomic mass is 10.1. The molecule has 192 valence electrons. The Bertz CT molecular complexity index is 1730. The van der Waals surface area contributed by atoms with E-state index in [1.54, 1.807) is 24.9 Å². The third-order valence-electron chi connectivity index (χ3n) is 5.96. The number of thiazole rings is 1. The number of Topliss-reactive ketones (excluding diaryl/α,β-unsaturated/α-hetero) is 1. The van der Waals surface area contributed by atoms with Gasteiger partial charge in [-0.05, 0) is 17.4 Å². The van der Waals surface area contributed by atoms with Gasteiger partial charge >= 0.3 is 0 Å². The second kappa shape index (κ2) is 9.92. The van der Waals surface area contributed by atoms with Crippen LogP contribution in [-0.2, 0) is 6.61 Å². The molecule has 0 unspecified atom stereocenters. The molecule has 0 saturated carbocycles. The van der Waals surface area contributed by atoms with Crippen LogP contribution in [0.1, 0.15) is 29.4 Å². The van der Waals surface area contributed by atoms with Gasteiger partial charge in [-0.25, -0.2) is 14.5 Å². The minimum Gasteiger partial charge on any atom is -0.496 e. The van der Waals surface area contributed by atoms with Crippen LogP contribution in [0.2, 0.25) is 0 Å². The van der Waals surface area contributed by atoms with E-state index in [1.165, 1.54) is 22.7 Å². The largest absolute Gasteiger partial charge is 0.496 e. The number of hydrogen-bond acceptors (Lipinski definition) is 10. The predicted molar refractivity (Wildman–Crippen MR) is 146 cm³/mol. The molecular weight excluding hydrogens is 524 g/mol. The van der Waals surface area contributed by atoms with E-state index in [4.69, 9.17) is 23.6 Å². The molecule has 2 aromatic carbocycles. The summed E-state index contributed by atoms with van der Waals surface area (Å²) in [6.45, 7) is 2.13.